The third kappa shape index (κ3) is 2.76. The van der Waals surface area contributed by atoms with Crippen LogP contribution < -0.4 is 5.32 Å². The van der Waals surface area contributed by atoms with E-state index in [4.69, 9.17) is 4.74 Å². The third-order valence-corrected chi connectivity index (χ3v) is 3.60. The second-order valence-corrected chi connectivity index (χ2v) is 4.99. The number of rotatable bonds is 4. The van der Waals surface area contributed by atoms with E-state index in [1.165, 1.54) is 18.2 Å². The fraction of sp³-hybridized carbons (Fsp3) is 0.125. The molecule has 1 aliphatic rings. The second-order valence-electron chi connectivity index (χ2n) is 4.99. The topological polar surface area (TPSA) is 98.5 Å². The van der Waals surface area contributed by atoms with E-state index in [1.54, 1.807) is 36.4 Å². The number of para-hydroxylation sites is 1. The Morgan fingerprint density at radius 1 is 1.09 bits per heavy atom. The Labute approximate surface area is 131 Å². The highest BCUT2D eigenvalue weighted by Crippen LogP contribution is 2.32. The van der Waals surface area contributed by atoms with Crippen molar-refractivity contribution in [2.75, 3.05) is 0 Å². The predicted molar refractivity (Wildman–Crippen MR) is 80.0 cm³/mol. The van der Waals surface area contributed by atoms with Crippen molar-refractivity contribution in [2.24, 2.45) is 0 Å². The first-order valence-electron chi connectivity index (χ1n) is 6.87. The van der Waals surface area contributed by atoms with Crippen molar-refractivity contribution in [3.8, 4) is 0 Å². The number of nitrogens with zero attached hydrogens (tertiary/aromatic N) is 1. The fourth-order valence-electron chi connectivity index (χ4n) is 2.55. The van der Waals surface area contributed by atoms with Crippen LogP contribution in [0.2, 0.25) is 0 Å². The van der Waals surface area contributed by atoms with Crippen LogP contribution in [-0.4, -0.2) is 22.9 Å². The number of nitro groups is 1. The molecule has 0 aromatic heterocycles. The van der Waals surface area contributed by atoms with Crippen LogP contribution in [0.25, 0.3) is 0 Å². The second kappa shape index (κ2) is 5.88. The van der Waals surface area contributed by atoms with Gasteiger partial charge >= 0.3 is 6.09 Å². The van der Waals surface area contributed by atoms with E-state index in [1.807, 2.05) is 0 Å². The molecule has 116 valence electrons. The van der Waals surface area contributed by atoms with E-state index < -0.39 is 28.9 Å². The SMILES string of the molecule is O=C1N[C@H](c2ccccc2[N+](=O)[O-])[C@@H](C(=O)c2ccccc2)O1. The normalized spacial score (nSPS) is 19.7. The molecule has 23 heavy (non-hydrogen) atoms. The first kappa shape index (κ1) is 14.7. The zero-order valence-corrected chi connectivity index (χ0v) is 11.8. The van der Waals surface area contributed by atoms with Crippen LogP contribution in [-0.2, 0) is 4.74 Å². The number of nitro benzene ring substituents is 1. The molecule has 7 heteroatoms. The number of alkyl carbamates (subject to hydrolysis) is 1. The van der Waals surface area contributed by atoms with Gasteiger partial charge in [-0.3, -0.25) is 14.9 Å². The van der Waals surface area contributed by atoms with Crippen LogP contribution in [0.4, 0.5) is 10.5 Å². The molecule has 0 bridgehead atoms. The van der Waals surface area contributed by atoms with Crippen molar-refractivity contribution in [3.05, 3.63) is 75.8 Å². The van der Waals surface area contributed by atoms with E-state index in [0.717, 1.165) is 0 Å². The van der Waals surface area contributed by atoms with Gasteiger partial charge in [0.1, 0.15) is 6.04 Å². The standard InChI is InChI=1S/C16H12N2O5/c19-14(10-6-2-1-3-7-10)15-13(17-16(20)23-15)11-8-4-5-9-12(11)18(21)22/h1-9,13,15H,(H,17,20)/t13-,15+/m1/s1. The van der Waals surface area contributed by atoms with Crippen molar-refractivity contribution in [1.29, 1.82) is 0 Å². The smallest absolute Gasteiger partial charge is 0.408 e. The summed E-state index contributed by atoms with van der Waals surface area (Å²) in [5.74, 6) is -0.410. The number of ketones is 1. The molecule has 0 unspecified atom stereocenters. The molecule has 1 aliphatic heterocycles. The van der Waals surface area contributed by atoms with Crippen molar-refractivity contribution in [3.63, 3.8) is 0 Å². The van der Waals surface area contributed by atoms with Crippen LogP contribution in [0, 0.1) is 10.1 Å². The molecule has 0 saturated carbocycles. The van der Waals surface area contributed by atoms with Crippen LogP contribution in [0.1, 0.15) is 22.0 Å². The molecule has 1 fully saturated rings. The third-order valence-electron chi connectivity index (χ3n) is 3.60. The maximum Gasteiger partial charge on any atom is 0.408 e. The van der Waals surface area contributed by atoms with E-state index in [-0.39, 0.29) is 11.3 Å². The Morgan fingerprint density at radius 3 is 2.43 bits per heavy atom. The molecule has 1 heterocycles. The summed E-state index contributed by atoms with van der Waals surface area (Å²) in [5, 5.41) is 13.7. The lowest BCUT2D eigenvalue weighted by Crippen LogP contribution is -2.30. The summed E-state index contributed by atoms with van der Waals surface area (Å²) in [6, 6.07) is 13.4. The molecule has 0 spiro atoms. The summed E-state index contributed by atoms with van der Waals surface area (Å²) in [5.41, 5.74) is 0.435. The number of carbonyl (C=O) groups excluding carboxylic acids is 2. The molecule has 0 aliphatic carbocycles. The quantitative estimate of drug-likeness (QED) is 0.531. The van der Waals surface area contributed by atoms with Crippen molar-refractivity contribution in [2.45, 2.75) is 12.1 Å². The van der Waals surface area contributed by atoms with Crippen LogP contribution in [0.5, 0.6) is 0 Å². The summed E-state index contributed by atoms with van der Waals surface area (Å²) in [4.78, 5) is 34.8. The average molecular weight is 312 g/mol. The first-order valence-corrected chi connectivity index (χ1v) is 6.87. The van der Waals surface area contributed by atoms with Gasteiger partial charge in [-0.15, -0.1) is 0 Å². The number of hydrogen-bond donors (Lipinski definition) is 1. The number of hydrogen-bond acceptors (Lipinski definition) is 5. The largest absolute Gasteiger partial charge is 0.435 e. The lowest BCUT2D eigenvalue weighted by atomic mass is 9.94. The summed E-state index contributed by atoms with van der Waals surface area (Å²) in [6.45, 7) is 0. The summed E-state index contributed by atoms with van der Waals surface area (Å²) >= 11 is 0. The molecule has 1 N–H and O–H groups in total. The number of amides is 1. The van der Waals surface area contributed by atoms with E-state index >= 15 is 0 Å². The molecule has 2 aromatic rings. The summed E-state index contributed by atoms with van der Waals surface area (Å²) < 4.78 is 5.06. The van der Waals surface area contributed by atoms with Gasteiger partial charge in [-0.2, -0.15) is 0 Å². The van der Waals surface area contributed by atoms with Gasteiger partial charge in [0.15, 0.2) is 6.10 Å². The van der Waals surface area contributed by atoms with Gasteiger partial charge in [0, 0.05) is 11.6 Å². The predicted octanol–water partition coefficient (Wildman–Crippen LogP) is 2.63. The maximum absolute atomic E-state index is 12.6. The first-order chi connectivity index (χ1) is 11.1. The number of cyclic esters (lactones) is 1. The number of benzene rings is 2. The van der Waals surface area contributed by atoms with Crippen molar-refractivity contribution < 1.29 is 19.2 Å². The van der Waals surface area contributed by atoms with Gasteiger partial charge in [0.2, 0.25) is 5.78 Å². The van der Waals surface area contributed by atoms with E-state index in [9.17, 15) is 19.7 Å². The zero-order chi connectivity index (χ0) is 16.4. The van der Waals surface area contributed by atoms with Gasteiger partial charge in [0.25, 0.3) is 5.69 Å². The fourth-order valence-corrected chi connectivity index (χ4v) is 2.55. The molecule has 0 radical (unpaired) electrons. The number of Topliss-reactive ketones (excluding diaryl/α,β-unsaturated/α-hetero) is 1. The zero-order valence-electron chi connectivity index (χ0n) is 11.8. The van der Waals surface area contributed by atoms with Gasteiger partial charge in [-0.1, -0.05) is 42.5 Å². The van der Waals surface area contributed by atoms with Crippen molar-refractivity contribution >= 4 is 17.6 Å². The van der Waals surface area contributed by atoms with E-state index in [2.05, 4.69) is 5.32 Å². The lowest BCUT2D eigenvalue weighted by Gasteiger charge is -2.16. The van der Waals surface area contributed by atoms with Crippen LogP contribution in [0.15, 0.2) is 54.6 Å². The Kier molecular flexibility index (Phi) is 3.76. The summed E-state index contributed by atoms with van der Waals surface area (Å²) in [7, 11) is 0. The van der Waals surface area contributed by atoms with Crippen LogP contribution >= 0.6 is 0 Å². The molecule has 2 atom stereocenters. The van der Waals surface area contributed by atoms with Gasteiger partial charge in [-0.05, 0) is 6.07 Å². The molecule has 1 amide bonds. The Morgan fingerprint density at radius 2 is 1.74 bits per heavy atom. The molecule has 2 aromatic carbocycles. The number of nitrogens with one attached hydrogen (secondary N) is 1. The highest BCUT2D eigenvalue weighted by molar-refractivity contribution is 6.02. The summed E-state index contributed by atoms with van der Waals surface area (Å²) in [6.07, 6.45) is -1.92. The minimum atomic E-state index is -1.15. The number of ether oxygens (including phenoxy) is 1. The highest BCUT2D eigenvalue weighted by atomic mass is 16.6. The Bertz CT molecular complexity index is 775. The minimum absolute atomic E-state index is 0.172. The van der Waals surface area contributed by atoms with Gasteiger partial charge < -0.3 is 10.1 Å². The van der Waals surface area contributed by atoms with Gasteiger partial charge in [-0.25, -0.2) is 4.79 Å². The van der Waals surface area contributed by atoms with E-state index in [0.29, 0.717) is 5.56 Å². The Hall–Kier alpha value is -3.22. The Balaban J connectivity index is 2.00. The number of carbonyl (C=O) groups is 2. The maximum atomic E-state index is 12.6. The monoisotopic (exact) mass is 312 g/mol. The molecule has 3 rings (SSSR count). The highest BCUT2D eigenvalue weighted by Gasteiger charge is 2.43. The molecule has 1 saturated heterocycles. The molecule has 7 nitrogen and oxygen atoms in total. The average Bonchev–Trinajstić information content (AvgIpc) is 2.96. The molecular formula is C16H12N2O5. The molecular weight excluding hydrogens is 300 g/mol. The van der Waals surface area contributed by atoms with Crippen LogP contribution in [0.3, 0.4) is 0 Å². The minimum Gasteiger partial charge on any atom is -0.435 e. The lowest BCUT2D eigenvalue weighted by molar-refractivity contribution is -0.385. The van der Waals surface area contributed by atoms with Crippen molar-refractivity contribution in [1.82, 2.24) is 5.32 Å². The van der Waals surface area contributed by atoms with Gasteiger partial charge in [0.05, 0.1) is 10.5 Å².